The van der Waals surface area contributed by atoms with Crippen LogP contribution in [0.3, 0.4) is 0 Å². The number of nitrogens with zero attached hydrogens (tertiary/aromatic N) is 3. The zero-order chi connectivity index (χ0) is 19.6. The molecule has 3 heterocycles. The summed E-state index contributed by atoms with van der Waals surface area (Å²) in [6.45, 7) is 0. The highest BCUT2D eigenvalue weighted by Crippen LogP contribution is 2.43. The van der Waals surface area contributed by atoms with E-state index in [0.29, 0.717) is 5.75 Å². The van der Waals surface area contributed by atoms with E-state index >= 15 is 0 Å². The third kappa shape index (κ3) is 3.66. The fourth-order valence-corrected chi connectivity index (χ4v) is 6.31. The molecule has 2 aromatic carbocycles. The number of hydrogen-bond donors (Lipinski definition) is 0. The molecule has 2 aromatic heterocycles. The molecule has 0 bridgehead atoms. The van der Waals surface area contributed by atoms with E-state index in [9.17, 15) is 4.79 Å². The molecule has 0 radical (unpaired) electrons. The molecular formula is C22H17N3OS3. The zero-order valence-corrected chi connectivity index (χ0v) is 17.8. The molecule has 1 amide bonds. The van der Waals surface area contributed by atoms with E-state index in [4.69, 9.17) is 0 Å². The Morgan fingerprint density at radius 1 is 1.07 bits per heavy atom. The van der Waals surface area contributed by atoms with Crippen LogP contribution in [0.5, 0.6) is 0 Å². The minimum atomic E-state index is 0.0239. The molecule has 4 nitrogen and oxygen atoms in total. The van der Waals surface area contributed by atoms with Crippen LogP contribution in [-0.4, -0.2) is 27.4 Å². The highest BCUT2D eigenvalue weighted by atomic mass is 32.2. The van der Waals surface area contributed by atoms with Crippen LogP contribution in [0.4, 0.5) is 5.69 Å². The second-order valence-corrected chi connectivity index (χ2v) is 9.50. The Kier molecular flexibility index (Phi) is 5.26. The van der Waals surface area contributed by atoms with Gasteiger partial charge < -0.3 is 4.90 Å². The molecule has 5 rings (SSSR count). The van der Waals surface area contributed by atoms with Crippen molar-refractivity contribution in [2.24, 2.45) is 0 Å². The molecule has 144 valence electrons. The smallest absolute Gasteiger partial charge is 0.238 e. The maximum Gasteiger partial charge on any atom is 0.238 e. The van der Waals surface area contributed by atoms with Crippen LogP contribution in [0.25, 0.3) is 10.2 Å². The van der Waals surface area contributed by atoms with E-state index < -0.39 is 0 Å². The van der Waals surface area contributed by atoms with Crippen molar-refractivity contribution in [1.82, 2.24) is 9.97 Å². The Morgan fingerprint density at radius 3 is 2.79 bits per heavy atom. The van der Waals surface area contributed by atoms with Crippen LogP contribution in [0.1, 0.15) is 11.6 Å². The average Bonchev–Trinajstić information content (AvgIpc) is 3.27. The minimum absolute atomic E-state index is 0.0239. The van der Waals surface area contributed by atoms with Crippen LogP contribution >= 0.6 is 34.9 Å². The van der Waals surface area contributed by atoms with E-state index in [2.05, 4.69) is 28.2 Å². The first-order chi connectivity index (χ1) is 14.3. The van der Waals surface area contributed by atoms with Gasteiger partial charge in [0, 0.05) is 16.0 Å². The van der Waals surface area contributed by atoms with Crippen LogP contribution in [0, 0.1) is 0 Å². The largest absolute Gasteiger partial charge is 0.302 e. The van der Waals surface area contributed by atoms with Crippen molar-refractivity contribution in [1.29, 1.82) is 0 Å². The number of benzene rings is 2. The maximum absolute atomic E-state index is 13.4. The summed E-state index contributed by atoms with van der Waals surface area (Å²) in [7, 11) is 0. The second-order valence-electron chi connectivity index (χ2n) is 6.58. The van der Waals surface area contributed by atoms with Crippen molar-refractivity contribution in [3.8, 4) is 0 Å². The highest BCUT2D eigenvalue weighted by Gasteiger charge is 2.32. The predicted octanol–water partition coefficient (Wildman–Crippen LogP) is 5.66. The molecule has 1 aliphatic heterocycles. The van der Waals surface area contributed by atoms with Crippen molar-refractivity contribution in [2.45, 2.75) is 16.0 Å². The Labute approximate surface area is 181 Å². The molecular weight excluding hydrogens is 418 g/mol. The number of thiophene rings is 1. The molecule has 1 atom stereocenters. The number of aromatic nitrogens is 2. The van der Waals surface area contributed by atoms with E-state index in [1.54, 1.807) is 17.7 Å². The Balaban J connectivity index is 1.45. The fourth-order valence-electron chi connectivity index (χ4n) is 3.50. The van der Waals surface area contributed by atoms with Crippen molar-refractivity contribution < 1.29 is 4.79 Å². The zero-order valence-electron chi connectivity index (χ0n) is 15.4. The van der Waals surface area contributed by atoms with Crippen molar-refractivity contribution >= 4 is 56.7 Å². The summed E-state index contributed by atoms with van der Waals surface area (Å²) in [5.74, 6) is 1.28. The van der Waals surface area contributed by atoms with Gasteiger partial charge in [-0.2, -0.15) is 0 Å². The standard InChI is InChI=1S/C22H17N3OS3/c26-20(13-29-22-16-10-11-27-21(16)23-14-24-22)25-17-8-4-5-9-19(17)28-12-18(25)15-6-2-1-3-7-15/h1-11,14,18H,12-13H2/t18-/m1/s1. The summed E-state index contributed by atoms with van der Waals surface area (Å²) in [5, 5.41) is 3.89. The third-order valence-electron chi connectivity index (χ3n) is 4.84. The predicted molar refractivity (Wildman–Crippen MR) is 122 cm³/mol. The Bertz CT molecular complexity index is 1160. The molecule has 0 unspecified atom stereocenters. The lowest BCUT2D eigenvalue weighted by Crippen LogP contribution is -2.39. The second kappa shape index (κ2) is 8.18. The number of thioether (sulfide) groups is 2. The number of amides is 1. The summed E-state index contributed by atoms with van der Waals surface area (Å²) in [4.78, 5) is 26.2. The molecule has 7 heteroatoms. The monoisotopic (exact) mass is 435 g/mol. The van der Waals surface area contributed by atoms with Gasteiger partial charge in [0.1, 0.15) is 16.2 Å². The fraction of sp³-hybridized carbons (Fsp3) is 0.136. The van der Waals surface area contributed by atoms with Gasteiger partial charge in [0.25, 0.3) is 0 Å². The highest BCUT2D eigenvalue weighted by molar-refractivity contribution is 8.00. The topological polar surface area (TPSA) is 46.1 Å². The van der Waals surface area contributed by atoms with Crippen LogP contribution < -0.4 is 4.90 Å². The summed E-state index contributed by atoms with van der Waals surface area (Å²) < 4.78 is 0. The van der Waals surface area contributed by atoms with Crippen molar-refractivity contribution in [2.75, 3.05) is 16.4 Å². The molecule has 0 fully saturated rings. The minimum Gasteiger partial charge on any atom is -0.302 e. The number of rotatable bonds is 4. The van der Waals surface area contributed by atoms with Crippen LogP contribution in [-0.2, 0) is 4.79 Å². The van der Waals surface area contributed by atoms with Gasteiger partial charge in [-0.1, -0.05) is 54.2 Å². The average molecular weight is 436 g/mol. The first kappa shape index (κ1) is 18.7. The van der Waals surface area contributed by atoms with Gasteiger partial charge in [0.05, 0.1) is 17.5 Å². The maximum atomic E-state index is 13.4. The van der Waals surface area contributed by atoms with Crippen LogP contribution in [0.15, 0.2) is 82.3 Å². The lowest BCUT2D eigenvalue weighted by molar-refractivity contribution is -0.116. The number of carbonyl (C=O) groups is 1. The molecule has 0 saturated heterocycles. The molecule has 4 aromatic rings. The van der Waals surface area contributed by atoms with Gasteiger partial charge in [-0.3, -0.25) is 4.79 Å². The first-order valence-corrected chi connectivity index (χ1v) is 12.1. The number of fused-ring (bicyclic) bond motifs is 2. The summed E-state index contributed by atoms with van der Waals surface area (Å²) >= 11 is 4.89. The Morgan fingerprint density at radius 2 is 1.90 bits per heavy atom. The number of carbonyl (C=O) groups excluding carboxylic acids is 1. The summed E-state index contributed by atoms with van der Waals surface area (Å²) in [5.41, 5.74) is 2.15. The van der Waals surface area contributed by atoms with E-state index in [1.807, 2.05) is 64.5 Å². The quantitative estimate of drug-likeness (QED) is 0.306. The van der Waals surface area contributed by atoms with Crippen molar-refractivity contribution in [3.05, 3.63) is 77.9 Å². The van der Waals surface area contributed by atoms with Gasteiger partial charge in [-0.25, -0.2) is 9.97 Å². The molecule has 1 aliphatic rings. The van der Waals surface area contributed by atoms with Gasteiger partial charge in [0.2, 0.25) is 5.91 Å². The molecule has 0 aliphatic carbocycles. The number of hydrogen-bond acceptors (Lipinski definition) is 6. The van der Waals surface area contributed by atoms with Gasteiger partial charge >= 0.3 is 0 Å². The van der Waals surface area contributed by atoms with Crippen molar-refractivity contribution in [3.63, 3.8) is 0 Å². The number of anilines is 1. The van der Waals surface area contributed by atoms with Gasteiger partial charge in [-0.15, -0.1) is 23.1 Å². The number of para-hydroxylation sites is 1. The summed E-state index contributed by atoms with van der Waals surface area (Å²) in [6.07, 6.45) is 1.57. The normalized spacial score (nSPS) is 16.0. The molecule has 0 spiro atoms. The van der Waals surface area contributed by atoms with Gasteiger partial charge in [-0.05, 0) is 29.1 Å². The SMILES string of the molecule is O=C(CSc1ncnc2sccc12)N1c2ccccc2SC[C@@H]1c1ccccc1. The lowest BCUT2D eigenvalue weighted by atomic mass is 10.1. The van der Waals surface area contributed by atoms with E-state index in [0.717, 1.165) is 37.1 Å². The van der Waals surface area contributed by atoms with Crippen LogP contribution in [0.2, 0.25) is 0 Å². The Hall–Kier alpha value is -2.35. The molecule has 29 heavy (non-hydrogen) atoms. The summed E-state index contributed by atoms with van der Waals surface area (Å²) in [6, 6.07) is 20.5. The third-order valence-corrected chi connectivity index (χ3v) is 7.79. The van der Waals surface area contributed by atoms with E-state index in [1.165, 1.54) is 11.8 Å². The van der Waals surface area contributed by atoms with E-state index in [-0.39, 0.29) is 11.9 Å². The lowest BCUT2D eigenvalue weighted by Gasteiger charge is -2.37. The molecule has 0 N–H and O–H groups in total. The first-order valence-electron chi connectivity index (χ1n) is 9.21. The van der Waals surface area contributed by atoms with Gasteiger partial charge in [0.15, 0.2) is 0 Å². The molecule has 0 saturated carbocycles.